The van der Waals surface area contributed by atoms with Gasteiger partial charge in [0, 0.05) is 16.6 Å². The van der Waals surface area contributed by atoms with Gasteiger partial charge in [0.1, 0.15) is 0 Å². The Kier molecular flexibility index (Phi) is 5.60. The maximum absolute atomic E-state index is 6.15. The van der Waals surface area contributed by atoms with Crippen molar-refractivity contribution in [1.29, 1.82) is 0 Å². The highest BCUT2D eigenvalue weighted by Crippen LogP contribution is 2.27. The highest BCUT2D eigenvalue weighted by Gasteiger charge is 2.10. The van der Waals surface area contributed by atoms with Crippen molar-refractivity contribution < 1.29 is 0 Å². The molecule has 0 fully saturated rings. The summed E-state index contributed by atoms with van der Waals surface area (Å²) >= 11 is 12.1. The summed E-state index contributed by atoms with van der Waals surface area (Å²) in [6, 6.07) is 5.63. The Balaban J connectivity index is 2.58. The van der Waals surface area contributed by atoms with Gasteiger partial charge in [-0.25, -0.2) is 0 Å². The molecule has 0 spiro atoms. The van der Waals surface area contributed by atoms with Crippen LogP contribution in [0.4, 0.5) is 0 Å². The lowest BCUT2D eigenvalue weighted by Crippen LogP contribution is -2.24. The summed E-state index contributed by atoms with van der Waals surface area (Å²) in [5.74, 6) is 1.05. The van der Waals surface area contributed by atoms with E-state index < -0.39 is 0 Å². The molecular weight excluding hydrogens is 241 g/mol. The van der Waals surface area contributed by atoms with E-state index in [1.54, 1.807) is 0 Å². The van der Waals surface area contributed by atoms with E-state index in [2.05, 4.69) is 26.1 Å². The van der Waals surface area contributed by atoms with E-state index in [0.717, 1.165) is 28.7 Å². The van der Waals surface area contributed by atoms with Crippen LogP contribution in [0.1, 0.15) is 32.3 Å². The fourth-order valence-corrected chi connectivity index (χ4v) is 2.08. The smallest absolute Gasteiger partial charge is 0.0442 e. The average Bonchev–Trinajstić information content (AvgIpc) is 2.21. The van der Waals surface area contributed by atoms with E-state index in [0.29, 0.717) is 11.8 Å². The maximum Gasteiger partial charge on any atom is 0.0442 e. The van der Waals surface area contributed by atoms with Crippen LogP contribution in [0.3, 0.4) is 0 Å². The molecule has 90 valence electrons. The minimum absolute atomic E-state index is 0.380. The molecule has 3 heteroatoms. The molecule has 1 unspecified atom stereocenters. The van der Waals surface area contributed by atoms with Crippen molar-refractivity contribution in [3.63, 3.8) is 0 Å². The second kappa shape index (κ2) is 6.48. The quantitative estimate of drug-likeness (QED) is 0.830. The van der Waals surface area contributed by atoms with Gasteiger partial charge in [-0.3, -0.25) is 0 Å². The summed E-state index contributed by atoms with van der Waals surface area (Å²) in [4.78, 5) is 0. The van der Waals surface area contributed by atoms with E-state index >= 15 is 0 Å². The molecule has 1 rings (SSSR count). The predicted molar refractivity (Wildman–Crippen MR) is 72.6 cm³/mol. The number of rotatable bonds is 5. The topological polar surface area (TPSA) is 12.0 Å². The van der Waals surface area contributed by atoms with Crippen LogP contribution >= 0.6 is 23.2 Å². The lowest BCUT2D eigenvalue weighted by Gasteiger charge is -2.16. The van der Waals surface area contributed by atoms with Crippen molar-refractivity contribution >= 4 is 23.2 Å². The molecule has 1 N–H and O–H groups in total. The molecule has 0 saturated heterocycles. The molecule has 16 heavy (non-hydrogen) atoms. The van der Waals surface area contributed by atoms with Crippen molar-refractivity contribution in [2.75, 3.05) is 13.1 Å². The molecule has 1 atom stereocenters. The summed E-state index contributed by atoms with van der Waals surface area (Å²) in [7, 11) is 0. The summed E-state index contributed by atoms with van der Waals surface area (Å²) in [5, 5.41) is 4.97. The van der Waals surface area contributed by atoms with Gasteiger partial charge < -0.3 is 5.32 Å². The standard InChI is InChI=1S/C13H19Cl2N/c1-9(2)7-16-8-10(3)12-6-11(14)4-5-13(12)15/h4-6,9-10,16H,7-8H2,1-3H3. The number of halogens is 2. The molecule has 1 nitrogen and oxygen atoms in total. The molecule has 0 aliphatic heterocycles. The van der Waals surface area contributed by atoms with Crippen LogP contribution in [0, 0.1) is 5.92 Å². The second-order valence-electron chi connectivity index (χ2n) is 4.62. The fourth-order valence-electron chi connectivity index (χ4n) is 1.59. The molecule has 0 aliphatic carbocycles. The highest BCUT2D eigenvalue weighted by molar-refractivity contribution is 6.33. The molecule has 0 aliphatic rings. The van der Waals surface area contributed by atoms with Crippen LogP contribution in [0.15, 0.2) is 18.2 Å². The Hall–Kier alpha value is -0.240. The van der Waals surface area contributed by atoms with Gasteiger partial charge in [-0.1, -0.05) is 44.0 Å². The highest BCUT2D eigenvalue weighted by atomic mass is 35.5. The summed E-state index contributed by atoms with van der Waals surface area (Å²) in [5.41, 5.74) is 1.12. The van der Waals surface area contributed by atoms with Crippen LogP contribution in [0.25, 0.3) is 0 Å². The average molecular weight is 260 g/mol. The van der Waals surface area contributed by atoms with Crippen LogP contribution in [0.5, 0.6) is 0 Å². The number of hydrogen-bond donors (Lipinski definition) is 1. The third kappa shape index (κ3) is 4.32. The summed E-state index contributed by atoms with van der Waals surface area (Å²) in [6.45, 7) is 8.51. The molecule has 1 aromatic carbocycles. The normalized spacial score (nSPS) is 13.1. The fraction of sp³-hybridized carbons (Fsp3) is 0.538. The van der Waals surface area contributed by atoms with Crippen molar-refractivity contribution in [1.82, 2.24) is 5.32 Å². The molecule has 1 aromatic rings. The van der Waals surface area contributed by atoms with Crippen LogP contribution < -0.4 is 5.32 Å². The van der Waals surface area contributed by atoms with Gasteiger partial charge in [0.05, 0.1) is 0 Å². The minimum atomic E-state index is 0.380. The Morgan fingerprint density at radius 1 is 1.12 bits per heavy atom. The Morgan fingerprint density at radius 3 is 2.44 bits per heavy atom. The first-order valence-electron chi connectivity index (χ1n) is 5.66. The molecule has 0 saturated carbocycles. The Bertz CT molecular complexity index is 337. The van der Waals surface area contributed by atoms with Gasteiger partial charge in [-0.2, -0.15) is 0 Å². The zero-order chi connectivity index (χ0) is 12.1. The summed E-state index contributed by atoms with van der Waals surface area (Å²) < 4.78 is 0. The van der Waals surface area contributed by atoms with Crippen molar-refractivity contribution in [3.8, 4) is 0 Å². The number of nitrogens with one attached hydrogen (secondary N) is 1. The van der Waals surface area contributed by atoms with Crippen molar-refractivity contribution in [2.45, 2.75) is 26.7 Å². The van der Waals surface area contributed by atoms with Gasteiger partial charge in [-0.15, -0.1) is 0 Å². The zero-order valence-corrected chi connectivity index (χ0v) is 11.6. The first kappa shape index (κ1) is 13.8. The Labute approximate surface area is 108 Å². The van der Waals surface area contributed by atoms with Gasteiger partial charge in [0.25, 0.3) is 0 Å². The molecular formula is C13H19Cl2N. The maximum atomic E-state index is 6.15. The van der Waals surface area contributed by atoms with Gasteiger partial charge >= 0.3 is 0 Å². The van der Waals surface area contributed by atoms with E-state index in [-0.39, 0.29) is 0 Å². The van der Waals surface area contributed by atoms with Crippen LogP contribution in [0.2, 0.25) is 10.0 Å². The number of hydrogen-bond acceptors (Lipinski definition) is 1. The molecule has 0 radical (unpaired) electrons. The third-order valence-corrected chi connectivity index (χ3v) is 3.07. The van der Waals surface area contributed by atoms with Gasteiger partial charge in [0.2, 0.25) is 0 Å². The van der Waals surface area contributed by atoms with E-state index in [1.165, 1.54) is 0 Å². The minimum Gasteiger partial charge on any atom is -0.316 e. The summed E-state index contributed by atoms with van der Waals surface area (Å²) in [6.07, 6.45) is 0. The lowest BCUT2D eigenvalue weighted by atomic mass is 10.0. The molecule has 0 bridgehead atoms. The van der Waals surface area contributed by atoms with Crippen molar-refractivity contribution in [2.24, 2.45) is 5.92 Å². The third-order valence-electron chi connectivity index (χ3n) is 2.49. The van der Waals surface area contributed by atoms with Crippen LogP contribution in [-0.4, -0.2) is 13.1 Å². The predicted octanol–water partition coefficient (Wildman–Crippen LogP) is 4.34. The van der Waals surface area contributed by atoms with Crippen molar-refractivity contribution in [3.05, 3.63) is 33.8 Å². The molecule has 0 amide bonds. The second-order valence-corrected chi connectivity index (χ2v) is 5.46. The first-order chi connectivity index (χ1) is 7.50. The van der Waals surface area contributed by atoms with Crippen LogP contribution in [-0.2, 0) is 0 Å². The first-order valence-corrected chi connectivity index (χ1v) is 6.42. The molecule has 0 aromatic heterocycles. The molecule has 0 heterocycles. The van der Waals surface area contributed by atoms with Gasteiger partial charge in [0.15, 0.2) is 0 Å². The van der Waals surface area contributed by atoms with E-state index in [9.17, 15) is 0 Å². The largest absolute Gasteiger partial charge is 0.316 e. The lowest BCUT2D eigenvalue weighted by molar-refractivity contribution is 0.529. The zero-order valence-electron chi connectivity index (χ0n) is 10.1. The van der Waals surface area contributed by atoms with E-state index in [4.69, 9.17) is 23.2 Å². The Morgan fingerprint density at radius 2 is 1.81 bits per heavy atom. The SMILES string of the molecule is CC(C)CNCC(C)c1cc(Cl)ccc1Cl. The number of benzene rings is 1. The monoisotopic (exact) mass is 259 g/mol. The van der Waals surface area contributed by atoms with E-state index in [1.807, 2.05) is 18.2 Å². The van der Waals surface area contributed by atoms with Gasteiger partial charge in [-0.05, 0) is 42.1 Å².